The van der Waals surface area contributed by atoms with Gasteiger partial charge in [0, 0.05) is 13.1 Å². The summed E-state index contributed by atoms with van der Waals surface area (Å²) < 4.78 is 15.8. The smallest absolute Gasteiger partial charge is 0.437 e. The number of carboxylic acids is 1. The molecule has 1 unspecified atom stereocenters. The number of aliphatic imine (C=N–C) groups is 1. The standard InChI is InChI=1S/C30H38N4O8/c1-30(2,3)42-29(39)31-24(25(35)36)17-23-15-10-16-34(18-23)26(32-27(37)40-19-21-11-6-4-7-12-21)33-28(38)41-20-22-13-8-5-9-14-22/h4-9,11-14,23-24H,10,15-20H2,1-3H3,(H,31,39)(H,35,36)(H,32,33,37,38)/t23?,24-/m1/s1. The number of benzene rings is 2. The maximum absolute atomic E-state index is 12.7. The van der Waals surface area contributed by atoms with Crippen LogP contribution < -0.4 is 10.6 Å². The molecule has 0 aliphatic carbocycles. The summed E-state index contributed by atoms with van der Waals surface area (Å²) in [6.07, 6.45) is -1.15. The van der Waals surface area contributed by atoms with E-state index in [0.717, 1.165) is 11.1 Å². The van der Waals surface area contributed by atoms with Crippen molar-refractivity contribution in [3.8, 4) is 0 Å². The summed E-state index contributed by atoms with van der Waals surface area (Å²) in [4.78, 5) is 55.2. The Morgan fingerprint density at radius 3 is 2.12 bits per heavy atom. The number of hydrogen-bond donors (Lipinski definition) is 3. The third-order valence-corrected chi connectivity index (χ3v) is 6.21. The van der Waals surface area contributed by atoms with Gasteiger partial charge in [0.05, 0.1) is 0 Å². The van der Waals surface area contributed by atoms with Crippen molar-refractivity contribution in [3.63, 3.8) is 0 Å². The van der Waals surface area contributed by atoms with Crippen molar-refractivity contribution in [2.24, 2.45) is 10.9 Å². The van der Waals surface area contributed by atoms with Crippen LogP contribution in [0, 0.1) is 5.92 Å². The third-order valence-electron chi connectivity index (χ3n) is 6.21. The summed E-state index contributed by atoms with van der Waals surface area (Å²) in [6, 6.07) is 17.0. The molecule has 2 atom stereocenters. The Kier molecular flexibility index (Phi) is 11.7. The molecule has 1 aliphatic rings. The van der Waals surface area contributed by atoms with Crippen LogP contribution in [0.4, 0.5) is 14.4 Å². The van der Waals surface area contributed by atoms with E-state index < -0.39 is 35.9 Å². The molecule has 1 fully saturated rings. The van der Waals surface area contributed by atoms with Gasteiger partial charge in [-0.05, 0) is 57.1 Å². The van der Waals surface area contributed by atoms with Crippen LogP contribution in [0.3, 0.4) is 0 Å². The number of piperidine rings is 1. The Morgan fingerprint density at radius 2 is 1.55 bits per heavy atom. The van der Waals surface area contributed by atoms with Gasteiger partial charge in [-0.25, -0.2) is 19.2 Å². The van der Waals surface area contributed by atoms with Gasteiger partial charge in [0.1, 0.15) is 24.9 Å². The van der Waals surface area contributed by atoms with Crippen molar-refractivity contribution in [1.82, 2.24) is 15.5 Å². The predicted molar refractivity (Wildman–Crippen MR) is 154 cm³/mol. The summed E-state index contributed by atoms with van der Waals surface area (Å²) in [5, 5.41) is 14.7. The van der Waals surface area contributed by atoms with Crippen LogP contribution >= 0.6 is 0 Å². The molecule has 0 spiro atoms. The lowest BCUT2D eigenvalue weighted by atomic mass is 9.91. The molecule has 1 heterocycles. The number of alkyl carbamates (subject to hydrolysis) is 2. The van der Waals surface area contributed by atoms with Gasteiger partial charge in [-0.1, -0.05) is 60.7 Å². The molecule has 1 aliphatic heterocycles. The first-order chi connectivity index (χ1) is 20.0. The first-order valence-corrected chi connectivity index (χ1v) is 13.7. The number of ether oxygens (including phenoxy) is 3. The zero-order valence-corrected chi connectivity index (χ0v) is 24.1. The lowest BCUT2D eigenvalue weighted by molar-refractivity contribution is -0.140. The van der Waals surface area contributed by atoms with Crippen LogP contribution in [-0.4, -0.2) is 64.9 Å². The van der Waals surface area contributed by atoms with E-state index in [4.69, 9.17) is 14.2 Å². The van der Waals surface area contributed by atoms with Gasteiger partial charge in [0.25, 0.3) is 0 Å². The minimum atomic E-state index is -1.20. The quantitative estimate of drug-likeness (QED) is 0.228. The van der Waals surface area contributed by atoms with Crippen molar-refractivity contribution in [2.45, 2.75) is 64.9 Å². The zero-order valence-electron chi connectivity index (χ0n) is 24.1. The van der Waals surface area contributed by atoms with Crippen molar-refractivity contribution < 1.29 is 38.5 Å². The van der Waals surface area contributed by atoms with E-state index in [0.29, 0.717) is 19.4 Å². The average Bonchev–Trinajstić information content (AvgIpc) is 2.94. The highest BCUT2D eigenvalue weighted by atomic mass is 16.6. The molecule has 12 nitrogen and oxygen atoms in total. The molecule has 0 radical (unpaired) electrons. The maximum Gasteiger partial charge on any atom is 0.437 e. The molecule has 12 heteroatoms. The van der Waals surface area contributed by atoms with Crippen molar-refractivity contribution in [2.75, 3.05) is 13.1 Å². The molecule has 0 aromatic heterocycles. The molecule has 2 aromatic carbocycles. The Balaban J connectivity index is 1.69. The van der Waals surface area contributed by atoms with E-state index in [2.05, 4.69) is 15.6 Å². The second-order valence-corrected chi connectivity index (χ2v) is 10.9. The van der Waals surface area contributed by atoms with Gasteiger partial charge in [0.2, 0.25) is 5.96 Å². The lowest BCUT2D eigenvalue weighted by Crippen LogP contribution is -2.51. The van der Waals surface area contributed by atoms with Crippen molar-refractivity contribution in [3.05, 3.63) is 71.8 Å². The number of nitrogens with one attached hydrogen (secondary N) is 2. The monoisotopic (exact) mass is 582 g/mol. The second kappa shape index (κ2) is 15.4. The third kappa shape index (κ3) is 11.5. The summed E-state index contributed by atoms with van der Waals surface area (Å²) >= 11 is 0. The highest BCUT2D eigenvalue weighted by molar-refractivity contribution is 5.98. The molecule has 1 saturated heterocycles. The number of rotatable bonds is 8. The van der Waals surface area contributed by atoms with E-state index in [9.17, 15) is 24.3 Å². The van der Waals surface area contributed by atoms with Crippen LogP contribution in [0.2, 0.25) is 0 Å². The Hall–Kier alpha value is -4.61. The number of likely N-dealkylation sites (tertiary alicyclic amines) is 1. The van der Waals surface area contributed by atoms with Gasteiger partial charge in [-0.15, -0.1) is 4.99 Å². The first-order valence-electron chi connectivity index (χ1n) is 13.7. The predicted octanol–water partition coefficient (Wildman–Crippen LogP) is 4.69. The van der Waals surface area contributed by atoms with E-state index in [1.165, 1.54) is 0 Å². The fourth-order valence-electron chi connectivity index (χ4n) is 4.32. The number of carbonyl (C=O) groups excluding carboxylic acids is 3. The summed E-state index contributed by atoms with van der Waals surface area (Å²) in [6.45, 7) is 5.77. The van der Waals surface area contributed by atoms with Gasteiger partial charge in [0.15, 0.2) is 0 Å². The normalized spacial score (nSPS) is 16.1. The fourth-order valence-corrected chi connectivity index (χ4v) is 4.32. The molecule has 0 bridgehead atoms. The highest BCUT2D eigenvalue weighted by Crippen LogP contribution is 2.22. The van der Waals surface area contributed by atoms with Gasteiger partial charge >= 0.3 is 24.2 Å². The minimum absolute atomic E-state index is 0.00580. The Labute approximate surface area is 245 Å². The highest BCUT2D eigenvalue weighted by Gasteiger charge is 2.31. The van der Waals surface area contributed by atoms with E-state index in [1.54, 1.807) is 37.8 Å². The molecular weight excluding hydrogens is 544 g/mol. The van der Waals surface area contributed by atoms with Crippen LogP contribution in [0.25, 0.3) is 0 Å². The number of hydrogen-bond acceptors (Lipinski definition) is 7. The van der Waals surface area contributed by atoms with Crippen LogP contribution in [0.5, 0.6) is 0 Å². The average molecular weight is 583 g/mol. The van der Waals surface area contributed by atoms with Gasteiger partial charge in [-0.3, -0.25) is 5.32 Å². The molecule has 3 N–H and O–H groups in total. The topological polar surface area (TPSA) is 156 Å². The number of aliphatic carboxylic acids is 1. The van der Waals surface area contributed by atoms with Crippen molar-refractivity contribution in [1.29, 1.82) is 0 Å². The first kappa shape index (κ1) is 31.9. The number of amides is 3. The van der Waals surface area contributed by atoms with Crippen LogP contribution in [0.1, 0.15) is 51.2 Å². The zero-order chi connectivity index (χ0) is 30.5. The largest absolute Gasteiger partial charge is 0.480 e. The summed E-state index contributed by atoms with van der Waals surface area (Å²) in [7, 11) is 0. The fraction of sp³-hybridized carbons (Fsp3) is 0.433. The van der Waals surface area contributed by atoms with Gasteiger partial charge in [-0.2, -0.15) is 0 Å². The van der Waals surface area contributed by atoms with Gasteiger partial charge < -0.3 is 29.5 Å². The Morgan fingerprint density at radius 1 is 0.952 bits per heavy atom. The molecular formula is C30H38N4O8. The summed E-state index contributed by atoms with van der Waals surface area (Å²) in [5.74, 6) is -1.47. The van der Waals surface area contributed by atoms with E-state index in [-0.39, 0.29) is 38.1 Å². The van der Waals surface area contributed by atoms with E-state index >= 15 is 0 Å². The van der Waals surface area contributed by atoms with Crippen LogP contribution in [0.15, 0.2) is 65.7 Å². The summed E-state index contributed by atoms with van der Waals surface area (Å²) in [5.41, 5.74) is 0.771. The molecule has 42 heavy (non-hydrogen) atoms. The maximum atomic E-state index is 12.7. The Bertz CT molecular complexity index is 1230. The second-order valence-electron chi connectivity index (χ2n) is 10.9. The minimum Gasteiger partial charge on any atom is -0.480 e. The molecule has 2 aromatic rings. The lowest BCUT2D eigenvalue weighted by Gasteiger charge is -2.35. The molecule has 3 rings (SSSR count). The van der Waals surface area contributed by atoms with E-state index in [1.807, 2.05) is 48.5 Å². The van der Waals surface area contributed by atoms with Crippen molar-refractivity contribution >= 4 is 30.2 Å². The number of nitrogens with zero attached hydrogens (tertiary/aromatic N) is 2. The van der Waals surface area contributed by atoms with Crippen LogP contribution in [-0.2, 0) is 32.2 Å². The molecule has 3 amide bonds. The number of guanidine groups is 1. The SMILES string of the molecule is CC(C)(C)OC(=O)N[C@H](CC1CCCN(/C(=N/C(=O)OCc2ccccc2)NC(=O)OCc2ccccc2)C1)C(=O)O. The number of carbonyl (C=O) groups is 4. The molecule has 226 valence electrons. The number of carboxylic acid groups (broad SMARTS) is 1. The molecule has 0 saturated carbocycles.